The van der Waals surface area contributed by atoms with Crippen LogP contribution in [0.2, 0.25) is 0 Å². The molecule has 1 N–H and O–H groups in total. The number of rotatable bonds is 5. The minimum Gasteiger partial charge on any atom is -0.307 e. The topological polar surface area (TPSA) is 41.1 Å². The van der Waals surface area contributed by atoms with Gasteiger partial charge >= 0.3 is 0 Å². The van der Waals surface area contributed by atoms with Crippen molar-refractivity contribution >= 4 is 0 Å². The predicted octanol–water partition coefficient (Wildman–Crippen LogP) is 2.95. The molecule has 1 aliphatic carbocycles. The highest BCUT2D eigenvalue weighted by Gasteiger charge is 2.37. The summed E-state index contributed by atoms with van der Waals surface area (Å²) < 4.78 is 0. The third kappa shape index (κ3) is 3.80. The van der Waals surface area contributed by atoms with Gasteiger partial charge in [-0.1, -0.05) is 19.8 Å². The van der Waals surface area contributed by atoms with E-state index < -0.39 is 0 Å². The van der Waals surface area contributed by atoms with E-state index in [0.29, 0.717) is 0 Å². The van der Waals surface area contributed by atoms with E-state index in [1.54, 1.807) is 12.4 Å². The van der Waals surface area contributed by atoms with E-state index in [2.05, 4.69) is 48.1 Å². The molecule has 2 rings (SSSR count). The lowest BCUT2D eigenvalue weighted by atomic mass is 9.75. The summed E-state index contributed by atoms with van der Waals surface area (Å²) in [6, 6.07) is 0.243. The Bertz CT molecular complexity index is 460. The van der Waals surface area contributed by atoms with Crippen LogP contribution in [-0.2, 0) is 0 Å². The van der Waals surface area contributed by atoms with Crippen LogP contribution in [0, 0.1) is 12.8 Å². The van der Waals surface area contributed by atoms with Gasteiger partial charge in [-0.15, -0.1) is 0 Å². The van der Waals surface area contributed by atoms with E-state index in [0.717, 1.165) is 23.9 Å². The standard InChI is InChI=1S/C17H30N4/c1-13-7-6-8-17(11-13,21(4)5)12-20-15(3)16-14(2)18-9-10-19-16/h9-10,13,15,20H,6-8,11-12H2,1-5H3. The number of nitrogens with zero attached hydrogens (tertiary/aromatic N) is 3. The molecule has 118 valence electrons. The Balaban J connectivity index is 2.04. The maximum atomic E-state index is 4.49. The summed E-state index contributed by atoms with van der Waals surface area (Å²) in [7, 11) is 4.44. The summed E-state index contributed by atoms with van der Waals surface area (Å²) in [6.45, 7) is 7.62. The molecule has 4 nitrogen and oxygen atoms in total. The molecule has 0 aliphatic heterocycles. The second-order valence-corrected chi connectivity index (χ2v) is 6.95. The molecule has 1 heterocycles. The van der Waals surface area contributed by atoms with Crippen LogP contribution in [0.1, 0.15) is 57.0 Å². The minimum atomic E-state index is 0.243. The van der Waals surface area contributed by atoms with Crippen LogP contribution in [0.3, 0.4) is 0 Å². The number of hydrogen-bond acceptors (Lipinski definition) is 4. The molecule has 1 saturated carbocycles. The third-order valence-electron chi connectivity index (χ3n) is 5.08. The maximum absolute atomic E-state index is 4.49. The zero-order valence-corrected chi connectivity index (χ0v) is 14.2. The molecule has 0 amide bonds. The van der Waals surface area contributed by atoms with Crippen LogP contribution < -0.4 is 5.32 Å². The smallest absolute Gasteiger partial charge is 0.0782 e. The van der Waals surface area contributed by atoms with Crippen molar-refractivity contribution in [2.45, 2.75) is 58.0 Å². The fraction of sp³-hybridized carbons (Fsp3) is 0.765. The van der Waals surface area contributed by atoms with E-state index >= 15 is 0 Å². The monoisotopic (exact) mass is 290 g/mol. The van der Waals surface area contributed by atoms with Crippen molar-refractivity contribution in [1.82, 2.24) is 20.2 Å². The predicted molar refractivity (Wildman–Crippen MR) is 87.2 cm³/mol. The summed E-state index contributed by atoms with van der Waals surface area (Å²) in [5.74, 6) is 0.816. The van der Waals surface area contributed by atoms with Crippen molar-refractivity contribution in [1.29, 1.82) is 0 Å². The van der Waals surface area contributed by atoms with E-state index in [9.17, 15) is 0 Å². The zero-order valence-electron chi connectivity index (χ0n) is 14.2. The Kier molecular flexibility index (Phi) is 5.33. The van der Waals surface area contributed by atoms with E-state index in [-0.39, 0.29) is 11.6 Å². The lowest BCUT2D eigenvalue weighted by molar-refractivity contribution is 0.0726. The largest absolute Gasteiger partial charge is 0.307 e. The van der Waals surface area contributed by atoms with Crippen LogP contribution in [0.15, 0.2) is 12.4 Å². The maximum Gasteiger partial charge on any atom is 0.0782 e. The number of likely N-dealkylation sites (N-methyl/N-ethyl adjacent to an activating group) is 1. The van der Waals surface area contributed by atoms with Crippen LogP contribution in [0.5, 0.6) is 0 Å². The highest BCUT2D eigenvalue weighted by molar-refractivity contribution is 5.12. The van der Waals surface area contributed by atoms with Crippen molar-refractivity contribution in [2.75, 3.05) is 20.6 Å². The molecule has 1 aliphatic rings. The normalized spacial score (nSPS) is 27.8. The number of hydrogen-bond donors (Lipinski definition) is 1. The molecule has 0 bridgehead atoms. The lowest BCUT2D eigenvalue weighted by Crippen LogP contribution is -2.54. The fourth-order valence-electron chi connectivity index (χ4n) is 3.64. The van der Waals surface area contributed by atoms with Crippen molar-refractivity contribution < 1.29 is 0 Å². The highest BCUT2D eigenvalue weighted by Crippen LogP contribution is 2.35. The van der Waals surface area contributed by atoms with Gasteiger partial charge in [0.15, 0.2) is 0 Å². The second-order valence-electron chi connectivity index (χ2n) is 6.95. The third-order valence-corrected chi connectivity index (χ3v) is 5.08. The zero-order chi connectivity index (χ0) is 15.5. The first kappa shape index (κ1) is 16.4. The summed E-state index contributed by atoms with van der Waals surface area (Å²) in [6.07, 6.45) is 8.80. The molecule has 1 aromatic heterocycles. The number of aryl methyl sites for hydroxylation is 1. The summed E-state index contributed by atoms with van der Waals surface area (Å²) in [5, 5.41) is 3.71. The number of nitrogens with one attached hydrogen (secondary N) is 1. The molecular weight excluding hydrogens is 260 g/mol. The average molecular weight is 290 g/mol. The summed E-state index contributed by atoms with van der Waals surface area (Å²) in [4.78, 5) is 11.3. The van der Waals surface area contributed by atoms with Crippen LogP contribution in [0.4, 0.5) is 0 Å². The molecule has 0 radical (unpaired) electrons. The summed E-state index contributed by atoms with van der Waals surface area (Å²) >= 11 is 0. The van der Waals surface area contributed by atoms with Crippen molar-refractivity contribution in [3.63, 3.8) is 0 Å². The van der Waals surface area contributed by atoms with E-state index in [4.69, 9.17) is 0 Å². The Morgan fingerprint density at radius 3 is 2.71 bits per heavy atom. The van der Waals surface area contributed by atoms with Gasteiger partial charge in [0.1, 0.15) is 0 Å². The van der Waals surface area contributed by atoms with E-state index in [1.807, 2.05) is 6.92 Å². The Morgan fingerprint density at radius 2 is 2.10 bits per heavy atom. The molecule has 21 heavy (non-hydrogen) atoms. The molecule has 3 atom stereocenters. The summed E-state index contributed by atoms with van der Waals surface area (Å²) in [5.41, 5.74) is 2.37. The molecule has 0 saturated heterocycles. The quantitative estimate of drug-likeness (QED) is 0.905. The minimum absolute atomic E-state index is 0.243. The molecule has 1 aromatic rings. The van der Waals surface area contributed by atoms with Crippen LogP contribution in [0.25, 0.3) is 0 Å². The first-order valence-electron chi connectivity index (χ1n) is 8.13. The van der Waals surface area contributed by atoms with Gasteiger partial charge in [-0.25, -0.2) is 0 Å². The first-order chi connectivity index (χ1) is 9.94. The highest BCUT2D eigenvalue weighted by atomic mass is 15.2. The number of aromatic nitrogens is 2. The van der Waals surface area contributed by atoms with Gasteiger partial charge in [0.25, 0.3) is 0 Å². The van der Waals surface area contributed by atoms with Crippen molar-refractivity contribution in [3.8, 4) is 0 Å². The first-order valence-corrected chi connectivity index (χ1v) is 8.13. The SMILES string of the molecule is Cc1nccnc1C(C)NCC1(N(C)C)CCCC(C)C1. The average Bonchev–Trinajstić information content (AvgIpc) is 2.45. The van der Waals surface area contributed by atoms with Crippen molar-refractivity contribution in [2.24, 2.45) is 5.92 Å². The van der Waals surface area contributed by atoms with Gasteiger partial charge in [0.2, 0.25) is 0 Å². The fourth-order valence-corrected chi connectivity index (χ4v) is 3.64. The molecule has 0 spiro atoms. The van der Waals surface area contributed by atoms with Gasteiger partial charge < -0.3 is 10.2 Å². The van der Waals surface area contributed by atoms with Crippen molar-refractivity contribution in [3.05, 3.63) is 23.8 Å². The van der Waals surface area contributed by atoms with Gasteiger partial charge in [0.05, 0.1) is 11.4 Å². The van der Waals surface area contributed by atoms with Crippen LogP contribution >= 0.6 is 0 Å². The Morgan fingerprint density at radius 1 is 1.38 bits per heavy atom. The Labute approximate surface area is 129 Å². The molecule has 0 aromatic carbocycles. The van der Waals surface area contributed by atoms with E-state index in [1.165, 1.54) is 25.7 Å². The molecular formula is C17H30N4. The van der Waals surface area contributed by atoms with Gasteiger partial charge in [-0.05, 0) is 46.7 Å². The molecule has 4 heteroatoms. The van der Waals surface area contributed by atoms with Crippen LogP contribution in [-0.4, -0.2) is 41.0 Å². The Hall–Kier alpha value is -1.00. The molecule has 3 unspecified atom stereocenters. The second kappa shape index (κ2) is 6.84. The van der Waals surface area contributed by atoms with Gasteiger partial charge in [-0.3, -0.25) is 9.97 Å². The molecule has 1 fully saturated rings. The van der Waals surface area contributed by atoms with Gasteiger partial charge in [0, 0.05) is 30.5 Å². The van der Waals surface area contributed by atoms with Gasteiger partial charge in [-0.2, -0.15) is 0 Å². The lowest BCUT2D eigenvalue weighted by Gasteiger charge is -2.46.